The average Bonchev–Trinajstić information content (AvgIpc) is 3.51. The molecule has 2 fully saturated rings. The number of hydrogen-bond acceptors (Lipinski definition) is 5. The van der Waals surface area contributed by atoms with Crippen LogP contribution in [0.2, 0.25) is 0 Å². The largest absolute Gasteiger partial charge is 0.489 e. The molecule has 2 aromatic carbocycles. The summed E-state index contributed by atoms with van der Waals surface area (Å²) < 4.78 is 7.98. The number of ether oxygens (including phenoxy) is 1. The Labute approximate surface area is 182 Å². The Morgan fingerprint density at radius 2 is 1.84 bits per heavy atom. The Hall–Kier alpha value is -2.99. The van der Waals surface area contributed by atoms with Crippen molar-refractivity contribution in [3.63, 3.8) is 0 Å². The number of ketones is 1. The summed E-state index contributed by atoms with van der Waals surface area (Å²) in [5, 5.41) is 8.18. The van der Waals surface area contributed by atoms with Crippen LogP contribution in [0.15, 0.2) is 60.8 Å². The number of para-hydroxylation sites is 1. The lowest BCUT2D eigenvalue weighted by atomic mass is 9.90. The molecule has 0 N–H and O–H groups in total. The van der Waals surface area contributed by atoms with Gasteiger partial charge in [0.25, 0.3) is 0 Å². The van der Waals surface area contributed by atoms with Crippen LogP contribution in [0.3, 0.4) is 0 Å². The fourth-order valence-corrected chi connectivity index (χ4v) is 4.23. The fourth-order valence-electron chi connectivity index (χ4n) is 4.23. The van der Waals surface area contributed by atoms with E-state index >= 15 is 0 Å². The highest BCUT2D eigenvalue weighted by Gasteiger charge is 2.34. The van der Waals surface area contributed by atoms with Crippen LogP contribution < -0.4 is 4.74 Å². The molecule has 1 aromatic heterocycles. The van der Waals surface area contributed by atoms with E-state index in [2.05, 4.69) is 46.4 Å². The topological polar surface area (TPSA) is 60.2 Å². The summed E-state index contributed by atoms with van der Waals surface area (Å²) in [5.74, 6) is 1.41. The molecule has 1 aliphatic carbocycles. The van der Waals surface area contributed by atoms with Crippen LogP contribution in [-0.4, -0.2) is 38.8 Å². The van der Waals surface area contributed by atoms with Gasteiger partial charge in [-0.05, 0) is 37.3 Å². The van der Waals surface area contributed by atoms with Crippen molar-refractivity contribution in [3.05, 3.63) is 77.6 Å². The molecule has 6 heteroatoms. The Kier molecular flexibility index (Phi) is 5.55. The molecule has 2 heterocycles. The van der Waals surface area contributed by atoms with Crippen molar-refractivity contribution >= 4 is 5.78 Å². The number of carbonyl (C=O) groups excluding carboxylic acids is 1. The summed E-state index contributed by atoms with van der Waals surface area (Å²) in [6, 6.07) is 19.2. The van der Waals surface area contributed by atoms with Crippen molar-refractivity contribution in [1.82, 2.24) is 19.9 Å². The summed E-state index contributed by atoms with van der Waals surface area (Å²) in [6.07, 6.45) is 4.64. The molecular formula is C25H28N4O2. The summed E-state index contributed by atoms with van der Waals surface area (Å²) in [4.78, 5) is 15.0. The van der Waals surface area contributed by atoms with E-state index in [1.165, 1.54) is 5.56 Å². The molecule has 0 spiro atoms. The minimum absolute atomic E-state index is 0.107. The number of Topliss-reactive ketones (excluding diaryl/α,β-unsaturated/α-hetero) is 1. The number of rotatable bonds is 9. The Morgan fingerprint density at radius 3 is 2.61 bits per heavy atom. The van der Waals surface area contributed by atoms with E-state index in [0.717, 1.165) is 37.2 Å². The minimum Gasteiger partial charge on any atom is -0.489 e. The first-order valence-electron chi connectivity index (χ1n) is 11.1. The van der Waals surface area contributed by atoms with Crippen molar-refractivity contribution in [2.24, 2.45) is 5.92 Å². The second-order valence-electron chi connectivity index (χ2n) is 8.75. The van der Waals surface area contributed by atoms with Crippen LogP contribution >= 0.6 is 0 Å². The molecule has 0 bridgehead atoms. The number of carbonyl (C=O) groups is 1. The maximum atomic E-state index is 12.6. The maximum absolute atomic E-state index is 12.6. The van der Waals surface area contributed by atoms with Crippen molar-refractivity contribution in [3.8, 4) is 5.75 Å². The van der Waals surface area contributed by atoms with E-state index in [4.69, 9.17) is 4.74 Å². The van der Waals surface area contributed by atoms with Crippen LogP contribution in [0.1, 0.15) is 59.9 Å². The fraction of sp³-hybridized carbons (Fsp3) is 0.400. The smallest absolute Gasteiger partial charge is 0.185 e. The maximum Gasteiger partial charge on any atom is 0.185 e. The number of hydrogen-bond donors (Lipinski definition) is 0. The molecule has 0 amide bonds. The second kappa shape index (κ2) is 8.63. The van der Waals surface area contributed by atoms with Crippen LogP contribution in [-0.2, 0) is 6.61 Å². The van der Waals surface area contributed by atoms with Crippen LogP contribution in [0.25, 0.3) is 0 Å². The summed E-state index contributed by atoms with van der Waals surface area (Å²) >= 11 is 0. The third kappa shape index (κ3) is 4.54. The van der Waals surface area contributed by atoms with Crippen molar-refractivity contribution in [2.45, 2.75) is 44.9 Å². The van der Waals surface area contributed by atoms with Crippen LogP contribution in [0.5, 0.6) is 5.75 Å². The van der Waals surface area contributed by atoms with Gasteiger partial charge in [0.05, 0.1) is 12.2 Å². The molecule has 3 aromatic rings. The molecule has 1 atom stereocenters. The van der Waals surface area contributed by atoms with E-state index < -0.39 is 0 Å². The monoisotopic (exact) mass is 416 g/mol. The van der Waals surface area contributed by atoms with Gasteiger partial charge < -0.3 is 4.74 Å². The molecule has 1 saturated carbocycles. The number of nitrogens with zero attached hydrogens (tertiary/aromatic N) is 4. The first-order valence-corrected chi connectivity index (χ1v) is 11.1. The zero-order valence-corrected chi connectivity index (χ0v) is 17.9. The van der Waals surface area contributed by atoms with Gasteiger partial charge in [-0.2, -0.15) is 0 Å². The minimum atomic E-state index is 0.107. The standard InChI is InChI=1S/C25H28N4O2/c1-18(22-9-5-6-10-25(22)31-17-19-7-3-2-4-8-19)28-14-20(15-28)13-24(30)23-16-29(27-26-23)21-11-12-21/h2-10,16,18,20-21H,11-15,17H2,1H3. The third-order valence-corrected chi connectivity index (χ3v) is 6.33. The lowest BCUT2D eigenvalue weighted by Crippen LogP contribution is -2.48. The van der Waals surface area contributed by atoms with Crippen molar-refractivity contribution in [2.75, 3.05) is 13.1 Å². The lowest BCUT2D eigenvalue weighted by molar-refractivity contribution is 0.0491. The van der Waals surface area contributed by atoms with E-state index in [0.29, 0.717) is 30.7 Å². The molecule has 31 heavy (non-hydrogen) atoms. The van der Waals surface area contributed by atoms with Crippen LogP contribution in [0, 0.1) is 5.92 Å². The van der Waals surface area contributed by atoms with Gasteiger partial charge in [0.1, 0.15) is 18.1 Å². The molecule has 0 radical (unpaired) electrons. The number of aromatic nitrogens is 3. The molecule has 2 aliphatic rings. The third-order valence-electron chi connectivity index (χ3n) is 6.33. The Morgan fingerprint density at radius 1 is 1.10 bits per heavy atom. The predicted octanol–water partition coefficient (Wildman–Crippen LogP) is 4.46. The highest BCUT2D eigenvalue weighted by Crippen LogP contribution is 2.36. The number of benzene rings is 2. The summed E-state index contributed by atoms with van der Waals surface area (Å²) in [5.41, 5.74) is 2.86. The van der Waals surface area contributed by atoms with E-state index in [9.17, 15) is 4.79 Å². The highest BCUT2D eigenvalue weighted by molar-refractivity contribution is 5.94. The highest BCUT2D eigenvalue weighted by atomic mass is 16.5. The first kappa shape index (κ1) is 19.9. The zero-order chi connectivity index (χ0) is 21.2. The Balaban J connectivity index is 1.15. The second-order valence-corrected chi connectivity index (χ2v) is 8.75. The average molecular weight is 417 g/mol. The number of likely N-dealkylation sites (tertiary alicyclic amines) is 1. The van der Waals surface area contributed by atoms with Gasteiger partial charge in [0.15, 0.2) is 5.78 Å². The Bertz CT molecular complexity index is 1040. The molecule has 5 rings (SSSR count). The van der Waals surface area contributed by atoms with Gasteiger partial charge in [0.2, 0.25) is 0 Å². The van der Waals surface area contributed by atoms with E-state index in [1.54, 1.807) is 0 Å². The molecule has 160 valence electrons. The summed E-state index contributed by atoms with van der Waals surface area (Å²) in [6.45, 7) is 4.60. The van der Waals surface area contributed by atoms with E-state index in [1.807, 2.05) is 41.2 Å². The van der Waals surface area contributed by atoms with Crippen molar-refractivity contribution in [1.29, 1.82) is 0 Å². The van der Waals surface area contributed by atoms with Gasteiger partial charge in [-0.25, -0.2) is 4.68 Å². The quantitative estimate of drug-likeness (QED) is 0.482. The lowest BCUT2D eigenvalue weighted by Gasteiger charge is -2.43. The van der Waals surface area contributed by atoms with Gasteiger partial charge in [-0.15, -0.1) is 5.10 Å². The van der Waals surface area contributed by atoms with Gasteiger partial charge in [-0.1, -0.05) is 53.7 Å². The molecule has 1 aliphatic heterocycles. The molecule has 6 nitrogen and oxygen atoms in total. The molecule has 1 saturated heterocycles. The van der Waals surface area contributed by atoms with Gasteiger partial charge in [-0.3, -0.25) is 9.69 Å². The molecular weight excluding hydrogens is 388 g/mol. The first-order chi connectivity index (χ1) is 15.2. The van der Waals surface area contributed by atoms with Crippen LogP contribution in [0.4, 0.5) is 0 Å². The van der Waals surface area contributed by atoms with E-state index in [-0.39, 0.29) is 11.8 Å². The van der Waals surface area contributed by atoms with Crippen molar-refractivity contribution < 1.29 is 9.53 Å². The van der Waals surface area contributed by atoms with Gasteiger partial charge in [0, 0.05) is 31.1 Å². The van der Waals surface area contributed by atoms with Gasteiger partial charge >= 0.3 is 0 Å². The predicted molar refractivity (Wildman–Crippen MR) is 118 cm³/mol. The summed E-state index contributed by atoms with van der Waals surface area (Å²) in [7, 11) is 0. The molecule has 1 unspecified atom stereocenters. The SMILES string of the molecule is CC(c1ccccc1OCc1ccccc1)N1CC(CC(=O)c2cn(C3CC3)nn2)C1. The zero-order valence-electron chi connectivity index (χ0n) is 17.9. The normalized spacial score (nSPS) is 17.8.